The second-order valence-corrected chi connectivity index (χ2v) is 8.44. The van der Waals surface area contributed by atoms with E-state index in [1.54, 1.807) is 36.1 Å². The number of pyridine rings is 1. The molecule has 0 spiro atoms. The van der Waals surface area contributed by atoms with E-state index in [1.165, 1.54) is 12.1 Å². The molecule has 34 heavy (non-hydrogen) atoms. The first-order chi connectivity index (χ1) is 16.4. The van der Waals surface area contributed by atoms with Gasteiger partial charge in [-0.3, -0.25) is 9.48 Å². The third-order valence-electron chi connectivity index (χ3n) is 6.24. The molecule has 4 heterocycles. The lowest BCUT2D eigenvalue weighted by Gasteiger charge is -2.36. The van der Waals surface area contributed by atoms with Crippen LogP contribution < -0.4 is 4.90 Å². The molecule has 0 unspecified atom stereocenters. The predicted octanol–water partition coefficient (Wildman–Crippen LogP) is 3.39. The van der Waals surface area contributed by atoms with Crippen molar-refractivity contribution in [3.05, 3.63) is 77.6 Å². The van der Waals surface area contributed by atoms with Gasteiger partial charge >= 0.3 is 0 Å². The molecule has 1 aliphatic rings. The van der Waals surface area contributed by atoms with Gasteiger partial charge in [0, 0.05) is 45.0 Å². The molecule has 3 aromatic heterocycles. The summed E-state index contributed by atoms with van der Waals surface area (Å²) in [5, 5.41) is 9.17. The lowest BCUT2D eigenvalue weighted by Crippen LogP contribution is -2.49. The molecule has 0 N–H and O–H groups in total. The summed E-state index contributed by atoms with van der Waals surface area (Å²) in [5.41, 5.74) is 5.01. The monoisotopic (exact) mass is 459 g/mol. The maximum atomic E-state index is 13.3. The highest BCUT2D eigenvalue weighted by Crippen LogP contribution is 2.28. The number of benzene rings is 1. The van der Waals surface area contributed by atoms with Crippen molar-refractivity contribution in [2.75, 3.05) is 31.1 Å². The molecule has 1 aliphatic heterocycles. The van der Waals surface area contributed by atoms with E-state index in [-0.39, 0.29) is 11.7 Å². The highest BCUT2D eigenvalue weighted by Gasteiger charge is 2.28. The van der Waals surface area contributed by atoms with Crippen LogP contribution in [0.1, 0.15) is 21.9 Å². The fourth-order valence-corrected chi connectivity index (χ4v) is 4.52. The molecule has 8 nitrogen and oxygen atoms in total. The summed E-state index contributed by atoms with van der Waals surface area (Å²) in [4.78, 5) is 21.8. The number of carbonyl (C=O) groups excluding carboxylic acids is 1. The van der Waals surface area contributed by atoms with Crippen LogP contribution in [0.3, 0.4) is 0 Å². The molecule has 4 aromatic rings. The molecule has 0 aliphatic carbocycles. The molecule has 0 atom stereocenters. The van der Waals surface area contributed by atoms with Crippen molar-refractivity contribution in [2.45, 2.75) is 13.8 Å². The van der Waals surface area contributed by atoms with E-state index in [2.05, 4.69) is 15.0 Å². The Kier molecular flexibility index (Phi) is 5.61. The fourth-order valence-electron chi connectivity index (χ4n) is 4.52. The summed E-state index contributed by atoms with van der Waals surface area (Å²) in [5.74, 6) is 0.432. The molecule has 5 rings (SSSR count). The van der Waals surface area contributed by atoms with Gasteiger partial charge in [0.25, 0.3) is 5.91 Å². The molecular weight excluding hydrogens is 433 g/mol. The van der Waals surface area contributed by atoms with Crippen molar-refractivity contribution in [3.8, 4) is 17.1 Å². The predicted molar refractivity (Wildman–Crippen MR) is 128 cm³/mol. The van der Waals surface area contributed by atoms with E-state index in [9.17, 15) is 9.18 Å². The average molecular weight is 460 g/mol. The van der Waals surface area contributed by atoms with Gasteiger partial charge in [-0.05, 0) is 56.3 Å². The summed E-state index contributed by atoms with van der Waals surface area (Å²) in [6, 6.07) is 13.7. The minimum absolute atomic E-state index is 0.0550. The highest BCUT2D eigenvalue weighted by atomic mass is 19.1. The molecule has 174 valence electrons. The topological polar surface area (TPSA) is 72.1 Å². The standard InChI is InChI=1S/C25H26FN7O/c1-17-24(18(2)33(28-17)23-6-4-5-11-27-23)31-12-14-32(15-13-31)25(34)22-16-21(29-30(22)3)19-7-9-20(26)10-8-19/h4-11,16H,12-15H2,1-3H3. The van der Waals surface area contributed by atoms with E-state index in [4.69, 9.17) is 5.10 Å². The van der Waals surface area contributed by atoms with E-state index in [0.29, 0.717) is 37.6 Å². The van der Waals surface area contributed by atoms with Crippen LogP contribution in [0.5, 0.6) is 0 Å². The van der Waals surface area contributed by atoms with E-state index in [0.717, 1.165) is 28.5 Å². The Morgan fingerprint density at radius 3 is 2.38 bits per heavy atom. The summed E-state index contributed by atoms with van der Waals surface area (Å²) in [6.07, 6.45) is 1.76. The number of aromatic nitrogens is 5. The molecule has 0 radical (unpaired) electrons. The Morgan fingerprint density at radius 2 is 1.71 bits per heavy atom. The summed E-state index contributed by atoms with van der Waals surface area (Å²) >= 11 is 0. The first-order valence-electron chi connectivity index (χ1n) is 11.2. The van der Waals surface area contributed by atoms with Gasteiger partial charge < -0.3 is 9.80 Å². The zero-order chi connectivity index (χ0) is 23.8. The zero-order valence-corrected chi connectivity index (χ0v) is 19.4. The van der Waals surface area contributed by atoms with Crippen molar-refractivity contribution >= 4 is 11.6 Å². The molecule has 9 heteroatoms. The second-order valence-electron chi connectivity index (χ2n) is 8.44. The molecule has 1 aromatic carbocycles. The maximum Gasteiger partial charge on any atom is 0.272 e. The van der Waals surface area contributed by atoms with Gasteiger partial charge in [-0.15, -0.1) is 0 Å². The number of anilines is 1. The van der Waals surface area contributed by atoms with Crippen molar-refractivity contribution < 1.29 is 9.18 Å². The largest absolute Gasteiger partial charge is 0.365 e. The minimum Gasteiger partial charge on any atom is -0.365 e. The normalized spacial score (nSPS) is 14.0. The molecule has 0 bridgehead atoms. The highest BCUT2D eigenvalue weighted by molar-refractivity contribution is 5.94. The van der Waals surface area contributed by atoms with Gasteiger partial charge in [-0.2, -0.15) is 10.2 Å². The number of hydrogen-bond acceptors (Lipinski definition) is 5. The van der Waals surface area contributed by atoms with Crippen LogP contribution in [0.4, 0.5) is 10.1 Å². The Balaban J connectivity index is 1.30. The Hall–Kier alpha value is -4.01. The quantitative estimate of drug-likeness (QED) is 0.468. The van der Waals surface area contributed by atoms with Crippen LogP contribution in [-0.2, 0) is 7.05 Å². The van der Waals surface area contributed by atoms with Crippen LogP contribution in [-0.4, -0.2) is 61.5 Å². The number of piperazine rings is 1. The van der Waals surface area contributed by atoms with Crippen molar-refractivity contribution in [2.24, 2.45) is 7.05 Å². The van der Waals surface area contributed by atoms with Crippen LogP contribution >= 0.6 is 0 Å². The number of hydrogen-bond donors (Lipinski definition) is 0. The van der Waals surface area contributed by atoms with Gasteiger partial charge in [0.05, 0.1) is 22.8 Å². The number of nitrogens with zero attached hydrogens (tertiary/aromatic N) is 7. The van der Waals surface area contributed by atoms with Gasteiger partial charge in [-0.25, -0.2) is 14.1 Å². The SMILES string of the molecule is Cc1nn(-c2ccccn2)c(C)c1N1CCN(C(=O)c2cc(-c3ccc(F)cc3)nn2C)CC1. The van der Waals surface area contributed by atoms with E-state index < -0.39 is 0 Å². The van der Waals surface area contributed by atoms with E-state index in [1.807, 2.05) is 41.6 Å². The molecule has 1 saturated heterocycles. The number of aryl methyl sites for hydroxylation is 2. The first kappa shape index (κ1) is 21.8. The van der Waals surface area contributed by atoms with Gasteiger partial charge in [0.15, 0.2) is 5.82 Å². The van der Waals surface area contributed by atoms with Crippen LogP contribution in [0.2, 0.25) is 0 Å². The summed E-state index contributed by atoms with van der Waals surface area (Å²) < 4.78 is 16.7. The Bertz CT molecular complexity index is 1320. The molecule has 1 fully saturated rings. The third-order valence-corrected chi connectivity index (χ3v) is 6.24. The van der Waals surface area contributed by atoms with Crippen LogP contribution in [0, 0.1) is 19.7 Å². The van der Waals surface area contributed by atoms with Crippen LogP contribution in [0.25, 0.3) is 17.1 Å². The maximum absolute atomic E-state index is 13.3. The lowest BCUT2D eigenvalue weighted by molar-refractivity contribution is 0.0735. The first-order valence-corrected chi connectivity index (χ1v) is 11.2. The van der Waals surface area contributed by atoms with Crippen molar-refractivity contribution in [3.63, 3.8) is 0 Å². The Labute approximate surface area is 197 Å². The zero-order valence-electron chi connectivity index (χ0n) is 19.4. The molecule has 1 amide bonds. The van der Waals surface area contributed by atoms with Crippen molar-refractivity contribution in [1.29, 1.82) is 0 Å². The number of amides is 1. The fraction of sp³-hybridized carbons (Fsp3) is 0.280. The smallest absolute Gasteiger partial charge is 0.272 e. The van der Waals surface area contributed by atoms with Gasteiger partial charge in [0.1, 0.15) is 11.5 Å². The lowest BCUT2D eigenvalue weighted by atomic mass is 10.1. The van der Waals surface area contributed by atoms with Gasteiger partial charge in [0.2, 0.25) is 0 Å². The number of halogens is 1. The minimum atomic E-state index is -0.301. The Morgan fingerprint density at radius 1 is 0.971 bits per heavy atom. The average Bonchev–Trinajstić information content (AvgIpc) is 3.38. The molecule has 0 saturated carbocycles. The second kappa shape index (κ2) is 8.74. The van der Waals surface area contributed by atoms with Crippen molar-refractivity contribution in [1.82, 2.24) is 29.4 Å². The summed E-state index contributed by atoms with van der Waals surface area (Å²) in [6.45, 7) is 6.68. The number of rotatable bonds is 4. The number of carbonyl (C=O) groups is 1. The third kappa shape index (κ3) is 3.93. The van der Waals surface area contributed by atoms with Gasteiger partial charge in [-0.1, -0.05) is 6.07 Å². The molecular formula is C25H26FN7O. The van der Waals surface area contributed by atoms with Crippen LogP contribution in [0.15, 0.2) is 54.7 Å². The van der Waals surface area contributed by atoms with E-state index >= 15 is 0 Å². The summed E-state index contributed by atoms with van der Waals surface area (Å²) in [7, 11) is 1.76.